The summed E-state index contributed by atoms with van der Waals surface area (Å²) in [7, 11) is -3.75. The van der Waals surface area contributed by atoms with Crippen molar-refractivity contribution >= 4 is 45.1 Å². The van der Waals surface area contributed by atoms with Gasteiger partial charge in [-0.3, -0.25) is 19.3 Å². The maximum Gasteiger partial charge on any atom is 0.293 e. The third kappa shape index (κ3) is 4.90. The molecule has 0 unspecified atom stereocenters. The molecular formula is C19H22N4O7S2. The number of rotatable bonds is 6. The fourth-order valence-electron chi connectivity index (χ4n) is 3.65. The predicted octanol–water partition coefficient (Wildman–Crippen LogP) is 0.483. The van der Waals surface area contributed by atoms with Crippen molar-refractivity contribution in [1.82, 2.24) is 14.5 Å². The molecule has 1 aromatic carbocycles. The molecule has 172 valence electrons. The number of nitrogens with two attached hydrogens (primary N) is 1. The fourth-order valence-corrected chi connectivity index (χ4v) is 5.24. The van der Waals surface area contributed by atoms with Crippen LogP contribution in [0.5, 0.6) is 11.5 Å². The molecule has 0 bridgehead atoms. The smallest absolute Gasteiger partial charge is 0.293 e. The molecule has 3 aliphatic heterocycles. The first-order valence-corrected chi connectivity index (χ1v) is 12.2. The summed E-state index contributed by atoms with van der Waals surface area (Å²) < 4.78 is 34.4. The van der Waals surface area contributed by atoms with Crippen LogP contribution >= 0.6 is 11.8 Å². The highest BCUT2D eigenvalue weighted by Gasteiger charge is 2.35. The minimum atomic E-state index is -3.75. The molecule has 32 heavy (non-hydrogen) atoms. The second kappa shape index (κ2) is 9.10. The van der Waals surface area contributed by atoms with E-state index < -0.39 is 21.4 Å². The number of piperidine rings is 1. The minimum Gasteiger partial charge on any atom is -0.454 e. The number of hydrogen-bond donors (Lipinski definition) is 2. The van der Waals surface area contributed by atoms with E-state index in [1.807, 2.05) is 0 Å². The molecule has 2 saturated heterocycles. The molecule has 0 aromatic heterocycles. The van der Waals surface area contributed by atoms with Crippen LogP contribution in [0, 0.1) is 5.92 Å². The fraction of sp³-hybridized carbons (Fsp3) is 0.421. The molecule has 11 nitrogen and oxygen atoms in total. The zero-order chi connectivity index (χ0) is 22.9. The van der Waals surface area contributed by atoms with Gasteiger partial charge in [0.05, 0.1) is 4.91 Å². The van der Waals surface area contributed by atoms with Crippen LogP contribution in [0.4, 0.5) is 4.79 Å². The summed E-state index contributed by atoms with van der Waals surface area (Å²) in [5.41, 5.74) is 0.707. The van der Waals surface area contributed by atoms with Crippen molar-refractivity contribution in [2.24, 2.45) is 11.1 Å². The van der Waals surface area contributed by atoms with Crippen LogP contribution in [0.1, 0.15) is 18.4 Å². The molecule has 0 radical (unpaired) electrons. The van der Waals surface area contributed by atoms with Crippen molar-refractivity contribution in [3.8, 4) is 11.5 Å². The molecule has 0 saturated carbocycles. The van der Waals surface area contributed by atoms with Gasteiger partial charge >= 0.3 is 0 Å². The first-order valence-electron chi connectivity index (χ1n) is 9.93. The molecule has 2 fully saturated rings. The number of hydrogen-bond acceptors (Lipinski definition) is 8. The molecule has 4 rings (SSSR count). The molecule has 3 amide bonds. The van der Waals surface area contributed by atoms with Crippen LogP contribution in [-0.2, 0) is 19.8 Å². The number of benzene rings is 1. The van der Waals surface area contributed by atoms with Crippen molar-refractivity contribution in [3.05, 3.63) is 28.7 Å². The van der Waals surface area contributed by atoms with Gasteiger partial charge in [0.25, 0.3) is 21.4 Å². The third-order valence-electron chi connectivity index (χ3n) is 5.39. The standard InChI is InChI=1S/C19H22N4O7S2/c20-32(27,28)22-6-3-13(4-7-22)17(24)21-5-8-23-18(25)16(31-19(23)26)10-12-1-2-14-15(9-12)30-11-29-14/h1-2,9-10,13H,3-8,11H2,(H,21,24)(H2,20,27,28)/b16-10-. The molecule has 3 N–H and O–H groups in total. The third-order valence-corrected chi connectivity index (χ3v) is 7.38. The number of nitrogens with zero attached hydrogens (tertiary/aromatic N) is 2. The number of nitrogens with one attached hydrogen (secondary N) is 1. The van der Waals surface area contributed by atoms with Crippen molar-refractivity contribution < 1.29 is 32.3 Å². The summed E-state index contributed by atoms with van der Waals surface area (Å²) >= 11 is 0.839. The van der Waals surface area contributed by atoms with E-state index in [1.54, 1.807) is 24.3 Å². The van der Waals surface area contributed by atoms with Gasteiger partial charge in [0.15, 0.2) is 11.5 Å². The average molecular weight is 483 g/mol. The number of ether oxygens (including phenoxy) is 2. The number of fused-ring (bicyclic) bond motifs is 1. The molecule has 0 atom stereocenters. The Hall–Kier alpha value is -2.61. The lowest BCUT2D eigenvalue weighted by molar-refractivity contribution is -0.127. The van der Waals surface area contributed by atoms with Crippen molar-refractivity contribution in [1.29, 1.82) is 0 Å². The second-order valence-electron chi connectivity index (χ2n) is 7.46. The van der Waals surface area contributed by atoms with E-state index in [0.29, 0.717) is 29.9 Å². The molecular weight excluding hydrogens is 460 g/mol. The van der Waals surface area contributed by atoms with E-state index in [1.165, 1.54) is 0 Å². The van der Waals surface area contributed by atoms with E-state index in [9.17, 15) is 22.8 Å². The molecule has 3 heterocycles. The van der Waals surface area contributed by atoms with Gasteiger partial charge in [0.1, 0.15) is 0 Å². The van der Waals surface area contributed by atoms with Gasteiger partial charge in [-0.1, -0.05) is 6.07 Å². The highest BCUT2D eigenvalue weighted by Crippen LogP contribution is 2.36. The monoisotopic (exact) mass is 482 g/mol. The normalized spacial score (nSPS) is 20.9. The molecule has 3 aliphatic rings. The van der Waals surface area contributed by atoms with Crippen LogP contribution in [0.15, 0.2) is 23.1 Å². The number of carbonyl (C=O) groups is 3. The summed E-state index contributed by atoms with van der Waals surface area (Å²) in [6, 6.07) is 5.24. The summed E-state index contributed by atoms with van der Waals surface area (Å²) in [6.45, 7) is 0.677. The zero-order valence-electron chi connectivity index (χ0n) is 17.0. The highest BCUT2D eigenvalue weighted by molar-refractivity contribution is 8.18. The maximum absolute atomic E-state index is 12.6. The summed E-state index contributed by atoms with van der Waals surface area (Å²) in [4.78, 5) is 38.6. The number of imide groups is 1. The SMILES string of the molecule is NS(=O)(=O)N1CCC(C(=O)NCCN2C(=O)S/C(=C\c3ccc4c(c3)OCO4)C2=O)CC1. The van der Waals surface area contributed by atoms with E-state index in [0.717, 1.165) is 21.0 Å². The van der Waals surface area contributed by atoms with E-state index in [2.05, 4.69) is 5.32 Å². The first-order chi connectivity index (χ1) is 15.2. The van der Waals surface area contributed by atoms with Gasteiger partial charge in [0.2, 0.25) is 12.7 Å². The lowest BCUT2D eigenvalue weighted by Crippen LogP contribution is -2.46. The Balaban J connectivity index is 1.28. The lowest BCUT2D eigenvalue weighted by Gasteiger charge is -2.29. The van der Waals surface area contributed by atoms with E-state index in [-0.39, 0.29) is 49.7 Å². The Morgan fingerprint density at radius 3 is 2.66 bits per heavy atom. The van der Waals surface area contributed by atoms with Crippen LogP contribution in [-0.4, -0.2) is 67.6 Å². The quantitative estimate of drug-likeness (QED) is 0.557. The van der Waals surface area contributed by atoms with Crippen LogP contribution in [0.2, 0.25) is 0 Å². The topological polar surface area (TPSA) is 148 Å². The summed E-state index contributed by atoms with van der Waals surface area (Å²) in [6.07, 6.45) is 2.34. The summed E-state index contributed by atoms with van der Waals surface area (Å²) in [5.74, 6) is 0.209. The van der Waals surface area contributed by atoms with Crippen LogP contribution < -0.4 is 19.9 Å². The molecule has 1 aromatic rings. The predicted molar refractivity (Wildman–Crippen MR) is 116 cm³/mol. The Morgan fingerprint density at radius 1 is 1.22 bits per heavy atom. The molecule has 13 heteroatoms. The van der Waals surface area contributed by atoms with Gasteiger partial charge < -0.3 is 14.8 Å². The Bertz CT molecular complexity index is 1080. The van der Waals surface area contributed by atoms with Crippen molar-refractivity contribution in [2.75, 3.05) is 33.0 Å². The van der Waals surface area contributed by atoms with Gasteiger partial charge in [-0.2, -0.15) is 12.7 Å². The summed E-state index contributed by atoms with van der Waals surface area (Å²) in [5, 5.41) is 7.42. The number of amides is 3. The Kier molecular flexibility index (Phi) is 6.42. The van der Waals surface area contributed by atoms with E-state index in [4.69, 9.17) is 14.6 Å². The second-order valence-corrected chi connectivity index (χ2v) is 9.99. The molecule has 0 aliphatic carbocycles. The minimum absolute atomic E-state index is 0.0465. The largest absolute Gasteiger partial charge is 0.454 e. The zero-order valence-corrected chi connectivity index (χ0v) is 18.6. The van der Waals surface area contributed by atoms with Crippen LogP contribution in [0.3, 0.4) is 0 Å². The average Bonchev–Trinajstić information content (AvgIpc) is 3.32. The molecule has 0 spiro atoms. The number of carbonyl (C=O) groups excluding carboxylic acids is 3. The van der Waals surface area contributed by atoms with E-state index >= 15 is 0 Å². The van der Waals surface area contributed by atoms with Crippen molar-refractivity contribution in [2.45, 2.75) is 12.8 Å². The van der Waals surface area contributed by atoms with Gasteiger partial charge in [-0.05, 0) is 48.4 Å². The van der Waals surface area contributed by atoms with Gasteiger partial charge in [-0.15, -0.1) is 0 Å². The Morgan fingerprint density at radius 2 is 1.94 bits per heavy atom. The van der Waals surface area contributed by atoms with Crippen LogP contribution in [0.25, 0.3) is 6.08 Å². The number of thioether (sulfide) groups is 1. The maximum atomic E-state index is 12.6. The highest BCUT2D eigenvalue weighted by atomic mass is 32.2. The lowest BCUT2D eigenvalue weighted by atomic mass is 9.97. The first kappa shape index (κ1) is 22.6. The Labute approximate surface area is 189 Å². The van der Waals surface area contributed by atoms with Gasteiger partial charge in [-0.25, -0.2) is 5.14 Å². The van der Waals surface area contributed by atoms with Crippen molar-refractivity contribution in [3.63, 3.8) is 0 Å². The van der Waals surface area contributed by atoms with Gasteiger partial charge in [0, 0.05) is 32.1 Å².